The van der Waals surface area contributed by atoms with Crippen molar-refractivity contribution in [3.63, 3.8) is 0 Å². The Hall–Kier alpha value is -5.37. The lowest BCUT2D eigenvalue weighted by molar-refractivity contribution is -0.143. The van der Waals surface area contributed by atoms with Gasteiger partial charge in [-0.25, -0.2) is 27.8 Å². The summed E-state index contributed by atoms with van der Waals surface area (Å²) in [4.78, 5) is 61.2. The normalized spacial score (nSPS) is 15.1. The standard InChI is InChI=1S/C44H59N7O10S2/c1-29(2)40(51-27-38(53)50(43(51)57)25-34-28-62-30(3)47-34)41(55)48-36(22-31-12-8-7-9-13-31)37(52)26-49(24-33-14-10-11-15-33)63(58,59)35-18-16-32(17-19-35)23-46-61-39(54)20-21-45-42(56)60-44(4,5)6/h7-9,12-13,16-19,23,27-29,33,36-37,40,52-53H,10-11,14-15,20-22,24-26H2,1-6H3,(H,45,56)(H,48,55)/t36-,37+,40-/m0/s1. The van der Waals surface area contributed by atoms with E-state index in [0.29, 0.717) is 11.3 Å². The van der Waals surface area contributed by atoms with Crippen LogP contribution in [0.5, 0.6) is 5.88 Å². The summed E-state index contributed by atoms with van der Waals surface area (Å²) in [5, 5.41) is 34.6. The van der Waals surface area contributed by atoms with E-state index < -0.39 is 63.4 Å². The summed E-state index contributed by atoms with van der Waals surface area (Å²) in [5.41, 5.74) is 0.532. The fourth-order valence-corrected chi connectivity index (χ4v) is 9.52. The number of aryl methyl sites for hydroxylation is 1. The van der Waals surface area contributed by atoms with Crippen LogP contribution >= 0.6 is 11.3 Å². The van der Waals surface area contributed by atoms with E-state index >= 15 is 0 Å². The predicted molar refractivity (Wildman–Crippen MR) is 238 cm³/mol. The number of aromatic nitrogens is 3. The first-order chi connectivity index (χ1) is 29.8. The van der Waals surface area contributed by atoms with Crippen LogP contribution in [0.15, 0.2) is 81.0 Å². The number of aliphatic hydroxyl groups excluding tert-OH is 1. The Morgan fingerprint density at radius 3 is 2.38 bits per heavy atom. The molecule has 0 bridgehead atoms. The second-order valence-electron chi connectivity index (χ2n) is 17.1. The van der Waals surface area contributed by atoms with Crippen molar-refractivity contribution in [2.75, 3.05) is 19.6 Å². The summed E-state index contributed by atoms with van der Waals surface area (Å²) >= 11 is 1.41. The molecule has 2 aromatic carbocycles. The number of nitrogens with one attached hydrogen (secondary N) is 2. The third kappa shape index (κ3) is 14.1. The number of aromatic hydroxyl groups is 1. The van der Waals surface area contributed by atoms with Crippen LogP contribution < -0.4 is 16.3 Å². The Bertz CT molecular complexity index is 2350. The molecular weight excluding hydrogens is 851 g/mol. The number of aliphatic hydroxyl groups is 1. The van der Waals surface area contributed by atoms with Gasteiger partial charge >= 0.3 is 17.8 Å². The number of amides is 2. The zero-order valence-electron chi connectivity index (χ0n) is 36.6. The number of hydrogen-bond donors (Lipinski definition) is 4. The lowest BCUT2D eigenvalue weighted by Crippen LogP contribution is -2.53. The van der Waals surface area contributed by atoms with Gasteiger partial charge in [-0.2, -0.15) is 4.31 Å². The van der Waals surface area contributed by atoms with Crippen molar-refractivity contribution in [2.45, 2.75) is 115 Å². The number of thiazole rings is 1. The van der Waals surface area contributed by atoms with Gasteiger partial charge in [0.05, 0.1) is 53.1 Å². The Labute approximate surface area is 372 Å². The highest BCUT2D eigenvalue weighted by atomic mass is 32.2. The van der Waals surface area contributed by atoms with Crippen molar-refractivity contribution >= 4 is 45.5 Å². The fraction of sp³-hybridized carbons (Fsp3) is 0.500. The SMILES string of the molecule is Cc1nc(Cn2c(O)cn([C@H](C(=O)N[C@@H](Cc3ccccc3)[C@H](O)CN(CC3CCCC3)S(=O)(=O)c3ccc(C=NOC(=O)CCNC(=O)OC(C)(C)C)cc3)C(C)C)c2=O)cs1. The summed E-state index contributed by atoms with van der Waals surface area (Å²) in [6, 6.07) is 12.9. The van der Waals surface area contributed by atoms with Crippen molar-refractivity contribution in [2.24, 2.45) is 17.0 Å². The molecule has 342 valence electrons. The molecule has 0 saturated heterocycles. The maximum absolute atomic E-state index is 14.4. The van der Waals surface area contributed by atoms with Gasteiger partial charge in [-0.1, -0.05) is 74.3 Å². The fourth-order valence-electron chi connectivity index (χ4n) is 7.38. The number of ether oxygens (including phenoxy) is 1. The molecule has 0 unspecified atom stereocenters. The molecule has 19 heteroatoms. The molecule has 0 aliphatic heterocycles. The number of carbonyl (C=O) groups excluding carboxylic acids is 3. The van der Waals surface area contributed by atoms with Gasteiger partial charge in [0.15, 0.2) is 0 Å². The minimum atomic E-state index is -4.20. The van der Waals surface area contributed by atoms with Crippen molar-refractivity contribution in [3.8, 4) is 5.88 Å². The monoisotopic (exact) mass is 909 g/mol. The van der Waals surface area contributed by atoms with Crippen molar-refractivity contribution < 1.29 is 42.6 Å². The maximum atomic E-state index is 14.4. The predicted octanol–water partition coefficient (Wildman–Crippen LogP) is 5.13. The number of carbonyl (C=O) groups is 3. The minimum absolute atomic E-state index is 0.0127. The van der Waals surface area contributed by atoms with E-state index in [0.717, 1.165) is 40.8 Å². The number of hydrogen-bond acceptors (Lipinski definition) is 13. The second kappa shape index (κ2) is 21.8. The highest BCUT2D eigenvalue weighted by Crippen LogP contribution is 2.29. The molecule has 5 rings (SSSR count). The average molecular weight is 910 g/mol. The first-order valence-corrected chi connectivity index (χ1v) is 23.4. The Morgan fingerprint density at radius 1 is 1.08 bits per heavy atom. The van der Waals surface area contributed by atoms with Crippen LogP contribution in [0.25, 0.3) is 0 Å². The van der Waals surface area contributed by atoms with E-state index in [1.807, 2.05) is 37.3 Å². The smallest absolute Gasteiger partial charge is 0.407 e. The topological polar surface area (TPSA) is 224 Å². The molecule has 2 amide bonds. The number of benzene rings is 2. The van der Waals surface area contributed by atoms with Gasteiger partial charge in [0.25, 0.3) is 0 Å². The van der Waals surface area contributed by atoms with Crippen LogP contribution in [0.3, 0.4) is 0 Å². The van der Waals surface area contributed by atoms with E-state index in [-0.39, 0.29) is 55.7 Å². The number of imidazole rings is 1. The average Bonchev–Trinajstić information content (AvgIpc) is 3.95. The summed E-state index contributed by atoms with van der Waals surface area (Å²) in [5.74, 6) is -1.98. The number of nitrogens with zero attached hydrogens (tertiary/aromatic N) is 5. The molecule has 1 fully saturated rings. The molecule has 2 aromatic heterocycles. The van der Waals surface area contributed by atoms with Crippen molar-refractivity contribution in [1.29, 1.82) is 0 Å². The highest BCUT2D eigenvalue weighted by molar-refractivity contribution is 7.89. The molecule has 4 N–H and O–H groups in total. The first kappa shape index (κ1) is 48.7. The number of alkyl carbamates (subject to hydrolysis) is 1. The zero-order valence-corrected chi connectivity index (χ0v) is 38.2. The molecule has 0 spiro atoms. The van der Waals surface area contributed by atoms with Gasteiger partial charge in [-0.05, 0) is 82.1 Å². The van der Waals surface area contributed by atoms with Crippen molar-refractivity contribution in [3.05, 3.63) is 98.5 Å². The van der Waals surface area contributed by atoms with E-state index in [1.54, 1.807) is 40.0 Å². The molecule has 4 aromatic rings. The van der Waals surface area contributed by atoms with E-state index in [4.69, 9.17) is 9.57 Å². The summed E-state index contributed by atoms with van der Waals surface area (Å²) in [6.45, 7) is 10.3. The Kier molecular flexibility index (Phi) is 16.8. The number of sulfonamides is 1. The maximum Gasteiger partial charge on any atom is 0.407 e. The number of oxime groups is 1. The molecule has 0 radical (unpaired) electrons. The van der Waals surface area contributed by atoms with Gasteiger partial charge in [0.1, 0.15) is 11.6 Å². The molecule has 1 saturated carbocycles. The van der Waals surface area contributed by atoms with Crippen LogP contribution in [0.1, 0.15) is 94.6 Å². The zero-order chi connectivity index (χ0) is 45.9. The molecule has 63 heavy (non-hydrogen) atoms. The lowest BCUT2D eigenvalue weighted by atomic mass is 9.98. The van der Waals surface area contributed by atoms with Crippen LogP contribution in [0, 0.1) is 18.8 Å². The van der Waals surface area contributed by atoms with Gasteiger partial charge in [-0.3, -0.25) is 13.9 Å². The summed E-state index contributed by atoms with van der Waals surface area (Å²) in [7, 11) is -4.20. The molecule has 17 nitrogen and oxygen atoms in total. The molecule has 1 aliphatic carbocycles. The lowest BCUT2D eigenvalue weighted by Gasteiger charge is -2.32. The molecule has 3 atom stereocenters. The van der Waals surface area contributed by atoms with E-state index in [2.05, 4.69) is 20.8 Å². The third-order valence-corrected chi connectivity index (χ3v) is 13.1. The molecular formula is C44H59N7O10S2. The summed E-state index contributed by atoms with van der Waals surface area (Å²) in [6.07, 6.45) is 4.01. The number of rotatable bonds is 20. The van der Waals surface area contributed by atoms with Gasteiger partial charge in [-0.15, -0.1) is 11.3 Å². The second-order valence-corrected chi connectivity index (χ2v) is 20.1. The van der Waals surface area contributed by atoms with E-state index in [1.165, 1.54) is 56.9 Å². The largest absolute Gasteiger partial charge is 0.493 e. The first-order valence-electron chi connectivity index (χ1n) is 21.0. The Balaban J connectivity index is 1.32. The van der Waals surface area contributed by atoms with Gasteiger partial charge in [0.2, 0.25) is 21.8 Å². The van der Waals surface area contributed by atoms with Crippen LogP contribution in [0.2, 0.25) is 0 Å². The Morgan fingerprint density at radius 2 is 1.76 bits per heavy atom. The molecule has 1 aliphatic rings. The van der Waals surface area contributed by atoms with Gasteiger partial charge < -0.3 is 30.4 Å². The highest BCUT2D eigenvalue weighted by Gasteiger charge is 2.36. The van der Waals surface area contributed by atoms with Crippen molar-refractivity contribution in [1.82, 2.24) is 29.1 Å². The van der Waals surface area contributed by atoms with E-state index in [9.17, 15) is 37.8 Å². The summed E-state index contributed by atoms with van der Waals surface area (Å²) < 4.78 is 37.5. The van der Waals surface area contributed by atoms with Crippen LogP contribution in [-0.2, 0) is 42.2 Å². The molecule has 2 heterocycles. The van der Waals surface area contributed by atoms with Gasteiger partial charge in [0, 0.05) is 25.0 Å². The minimum Gasteiger partial charge on any atom is -0.493 e. The third-order valence-electron chi connectivity index (χ3n) is 10.5. The quantitative estimate of drug-likeness (QED) is 0.0517. The van der Waals surface area contributed by atoms with Crippen LogP contribution in [-0.4, -0.2) is 98.6 Å². The van der Waals surface area contributed by atoms with Crippen LogP contribution in [0.4, 0.5) is 4.79 Å².